The highest BCUT2D eigenvalue weighted by molar-refractivity contribution is 5.80. The number of nitrogens with two attached hydrogens (primary N) is 1. The van der Waals surface area contributed by atoms with Gasteiger partial charge in [0.1, 0.15) is 0 Å². The zero-order chi connectivity index (χ0) is 11.8. The van der Waals surface area contributed by atoms with E-state index < -0.39 is 0 Å². The van der Waals surface area contributed by atoms with E-state index in [1.165, 1.54) is 11.1 Å². The molecule has 90 valence electrons. The van der Waals surface area contributed by atoms with Gasteiger partial charge in [-0.1, -0.05) is 30.7 Å². The van der Waals surface area contributed by atoms with Crippen LogP contribution in [0, 0.1) is 5.92 Å². The molecule has 1 aliphatic heterocycles. The Balaban J connectivity index is 1.74. The molecular formula is C14H18N2O. The first-order valence-corrected chi connectivity index (χ1v) is 6.37. The van der Waals surface area contributed by atoms with E-state index >= 15 is 0 Å². The maximum absolute atomic E-state index is 12.4. The molecule has 3 nitrogen and oxygen atoms in total. The Bertz CT molecular complexity index is 419. The first-order valence-electron chi connectivity index (χ1n) is 6.37. The van der Waals surface area contributed by atoms with Crippen LogP contribution >= 0.6 is 0 Å². The van der Waals surface area contributed by atoms with Gasteiger partial charge in [-0.2, -0.15) is 0 Å². The largest absolute Gasteiger partial charge is 0.334 e. The van der Waals surface area contributed by atoms with Crippen LogP contribution in [-0.2, 0) is 17.9 Å². The Morgan fingerprint density at radius 1 is 1.18 bits per heavy atom. The fraction of sp³-hybridized carbons (Fsp3) is 0.500. The minimum Gasteiger partial charge on any atom is -0.334 e. The lowest BCUT2D eigenvalue weighted by atomic mass is 10.0. The van der Waals surface area contributed by atoms with Crippen molar-refractivity contribution in [3.63, 3.8) is 0 Å². The van der Waals surface area contributed by atoms with E-state index in [2.05, 4.69) is 12.1 Å². The van der Waals surface area contributed by atoms with Crippen molar-refractivity contribution >= 4 is 5.91 Å². The van der Waals surface area contributed by atoms with Crippen LogP contribution in [0.4, 0.5) is 0 Å². The molecule has 1 aliphatic carbocycles. The monoisotopic (exact) mass is 230 g/mol. The second-order valence-electron chi connectivity index (χ2n) is 5.16. The van der Waals surface area contributed by atoms with Crippen molar-refractivity contribution < 1.29 is 4.79 Å². The summed E-state index contributed by atoms with van der Waals surface area (Å²) in [5.74, 6) is 0.315. The van der Waals surface area contributed by atoms with Crippen LogP contribution in [0.25, 0.3) is 0 Å². The molecule has 0 aromatic heterocycles. The molecule has 1 saturated carbocycles. The first-order chi connectivity index (χ1) is 8.25. The van der Waals surface area contributed by atoms with E-state index in [-0.39, 0.29) is 17.9 Å². The Hall–Kier alpha value is -1.35. The summed E-state index contributed by atoms with van der Waals surface area (Å²) < 4.78 is 0. The number of hydrogen-bond donors (Lipinski definition) is 1. The summed E-state index contributed by atoms with van der Waals surface area (Å²) in [5.41, 5.74) is 8.57. The predicted octanol–water partition coefficient (Wildman–Crippen LogP) is 1.66. The second kappa shape index (κ2) is 4.15. The molecule has 2 atom stereocenters. The maximum atomic E-state index is 12.4. The molecule has 1 heterocycles. The van der Waals surface area contributed by atoms with Gasteiger partial charge in [0.25, 0.3) is 0 Å². The van der Waals surface area contributed by atoms with E-state index in [0.29, 0.717) is 0 Å². The van der Waals surface area contributed by atoms with Crippen molar-refractivity contribution in [1.29, 1.82) is 0 Å². The average molecular weight is 230 g/mol. The smallest absolute Gasteiger partial charge is 0.227 e. The number of nitrogens with zero attached hydrogens (tertiary/aromatic N) is 1. The van der Waals surface area contributed by atoms with Crippen molar-refractivity contribution in [1.82, 2.24) is 4.90 Å². The summed E-state index contributed by atoms with van der Waals surface area (Å²) >= 11 is 0. The number of hydrogen-bond acceptors (Lipinski definition) is 2. The molecule has 0 saturated heterocycles. The molecule has 1 fully saturated rings. The minimum atomic E-state index is 0.0595. The topological polar surface area (TPSA) is 46.3 Å². The molecule has 1 aromatic rings. The molecule has 2 aliphatic rings. The van der Waals surface area contributed by atoms with Crippen molar-refractivity contribution in [3.05, 3.63) is 35.4 Å². The number of carbonyl (C=O) groups excluding carboxylic acids is 1. The van der Waals surface area contributed by atoms with Gasteiger partial charge in [-0.25, -0.2) is 0 Å². The highest BCUT2D eigenvalue weighted by Gasteiger charge is 2.35. The van der Waals surface area contributed by atoms with Crippen LogP contribution < -0.4 is 5.73 Å². The third kappa shape index (κ3) is 1.84. The Labute approximate surface area is 102 Å². The predicted molar refractivity (Wildman–Crippen MR) is 66.0 cm³/mol. The van der Waals surface area contributed by atoms with E-state index in [4.69, 9.17) is 5.73 Å². The fourth-order valence-electron chi connectivity index (χ4n) is 3.02. The van der Waals surface area contributed by atoms with Crippen molar-refractivity contribution in [3.8, 4) is 0 Å². The molecule has 1 amide bonds. The fourth-order valence-corrected chi connectivity index (χ4v) is 3.02. The average Bonchev–Trinajstić information content (AvgIpc) is 2.93. The summed E-state index contributed by atoms with van der Waals surface area (Å²) in [6, 6.07) is 8.36. The van der Waals surface area contributed by atoms with Crippen LogP contribution in [-0.4, -0.2) is 16.8 Å². The molecule has 0 radical (unpaired) electrons. The molecule has 0 unspecified atom stereocenters. The van der Waals surface area contributed by atoms with Gasteiger partial charge in [0, 0.05) is 19.1 Å². The quantitative estimate of drug-likeness (QED) is 0.797. The number of amides is 1. The summed E-state index contributed by atoms with van der Waals surface area (Å²) in [6.07, 6.45) is 3.06. The first kappa shape index (κ1) is 10.8. The summed E-state index contributed by atoms with van der Waals surface area (Å²) in [7, 11) is 0. The van der Waals surface area contributed by atoms with Gasteiger partial charge in [-0.15, -0.1) is 0 Å². The van der Waals surface area contributed by atoms with Gasteiger partial charge in [0.05, 0.1) is 5.92 Å². The van der Waals surface area contributed by atoms with Gasteiger partial charge < -0.3 is 10.6 Å². The SMILES string of the molecule is N[C@H]1CCC[C@H]1C(=O)N1Cc2ccccc2C1. The van der Waals surface area contributed by atoms with E-state index in [9.17, 15) is 4.79 Å². The molecule has 0 spiro atoms. The van der Waals surface area contributed by atoms with E-state index in [1.54, 1.807) is 0 Å². The van der Waals surface area contributed by atoms with Crippen LogP contribution in [0.2, 0.25) is 0 Å². The lowest BCUT2D eigenvalue weighted by Crippen LogP contribution is -2.39. The third-order valence-corrected chi connectivity index (χ3v) is 4.04. The minimum absolute atomic E-state index is 0.0595. The maximum Gasteiger partial charge on any atom is 0.227 e. The number of fused-ring (bicyclic) bond motifs is 1. The van der Waals surface area contributed by atoms with Gasteiger partial charge in [-0.05, 0) is 24.0 Å². The Morgan fingerprint density at radius 2 is 1.82 bits per heavy atom. The number of carbonyl (C=O) groups is 1. The van der Waals surface area contributed by atoms with Gasteiger partial charge in [-0.3, -0.25) is 4.79 Å². The number of rotatable bonds is 1. The highest BCUT2D eigenvalue weighted by atomic mass is 16.2. The van der Waals surface area contributed by atoms with Crippen LogP contribution in [0.3, 0.4) is 0 Å². The Kier molecular flexibility index (Phi) is 2.63. The normalized spacial score (nSPS) is 27.2. The van der Waals surface area contributed by atoms with E-state index in [0.717, 1.165) is 32.4 Å². The summed E-state index contributed by atoms with van der Waals surface area (Å²) in [6.45, 7) is 1.52. The van der Waals surface area contributed by atoms with Gasteiger partial charge >= 0.3 is 0 Å². The summed E-state index contributed by atoms with van der Waals surface area (Å²) in [4.78, 5) is 14.3. The van der Waals surface area contributed by atoms with E-state index in [1.807, 2.05) is 17.0 Å². The molecule has 3 heteroatoms. The van der Waals surface area contributed by atoms with Crippen LogP contribution in [0.15, 0.2) is 24.3 Å². The molecule has 1 aromatic carbocycles. The summed E-state index contributed by atoms with van der Waals surface area (Å²) in [5, 5.41) is 0. The van der Waals surface area contributed by atoms with Gasteiger partial charge in [0.2, 0.25) is 5.91 Å². The van der Waals surface area contributed by atoms with Crippen molar-refractivity contribution in [2.75, 3.05) is 0 Å². The lowest BCUT2D eigenvalue weighted by Gasteiger charge is -2.22. The molecule has 2 N–H and O–H groups in total. The number of benzene rings is 1. The zero-order valence-corrected chi connectivity index (χ0v) is 9.93. The van der Waals surface area contributed by atoms with Crippen LogP contribution in [0.1, 0.15) is 30.4 Å². The Morgan fingerprint density at radius 3 is 2.35 bits per heavy atom. The standard InChI is InChI=1S/C14H18N2O/c15-13-7-3-6-12(13)14(17)16-8-10-4-1-2-5-11(10)9-16/h1-2,4-5,12-13H,3,6-9,15H2/t12-,13+/m1/s1. The second-order valence-corrected chi connectivity index (χ2v) is 5.16. The van der Waals surface area contributed by atoms with Crippen molar-refractivity contribution in [2.45, 2.75) is 38.4 Å². The molecule has 3 rings (SSSR count). The highest BCUT2D eigenvalue weighted by Crippen LogP contribution is 2.30. The van der Waals surface area contributed by atoms with Crippen molar-refractivity contribution in [2.24, 2.45) is 11.7 Å². The van der Waals surface area contributed by atoms with Crippen LogP contribution in [0.5, 0.6) is 0 Å². The zero-order valence-electron chi connectivity index (χ0n) is 9.93. The molecular weight excluding hydrogens is 212 g/mol. The third-order valence-electron chi connectivity index (χ3n) is 4.04. The lowest BCUT2D eigenvalue weighted by molar-refractivity contribution is -0.136. The van der Waals surface area contributed by atoms with Gasteiger partial charge in [0.15, 0.2) is 0 Å². The molecule has 17 heavy (non-hydrogen) atoms. The molecule has 0 bridgehead atoms.